The maximum absolute atomic E-state index is 9.99. The summed E-state index contributed by atoms with van der Waals surface area (Å²) in [5.41, 5.74) is 0.832. The van der Waals surface area contributed by atoms with Crippen molar-refractivity contribution in [1.82, 2.24) is 0 Å². The summed E-state index contributed by atoms with van der Waals surface area (Å²) in [5, 5.41) is 9.99. The third kappa shape index (κ3) is 3.52. The molecular formula is C16H18O2S. The number of aliphatic hydroxyl groups is 1. The predicted octanol–water partition coefficient (Wildman–Crippen LogP) is 4.64. The molecule has 19 heavy (non-hydrogen) atoms. The summed E-state index contributed by atoms with van der Waals surface area (Å²) in [5.74, 6) is 1.50. The maximum Gasteiger partial charge on any atom is 0.133 e. The molecule has 0 aromatic heterocycles. The largest absolute Gasteiger partial charge is 0.457 e. The van der Waals surface area contributed by atoms with Gasteiger partial charge in [0.2, 0.25) is 0 Å². The molecule has 0 radical (unpaired) electrons. The normalized spacial score (nSPS) is 12.2. The molecule has 0 aliphatic carbocycles. The summed E-state index contributed by atoms with van der Waals surface area (Å²) in [6.07, 6.45) is 2.23. The van der Waals surface area contributed by atoms with Crippen LogP contribution in [0.3, 0.4) is 0 Å². The van der Waals surface area contributed by atoms with Gasteiger partial charge < -0.3 is 9.84 Å². The molecule has 2 nitrogen and oxygen atoms in total. The van der Waals surface area contributed by atoms with Gasteiger partial charge in [-0.1, -0.05) is 25.1 Å². The molecule has 0 saturated carbocycles. The van der Waals surface area contributed by atoms with Crippen molar-refractivity contribution in [3.05, 3.63) is 54.1 Å². The van der Waals surface area contributed by atoms with Gasteiger partial charge in [0.1, 0.15) is 11.5 Å². The Balaban J connectivity index is 2.22. The molecule has 2 rings (SSSR count). The van der Waals surface area contributed by atoms with Crippen molar-refractivity contribution < 1.29 is 9.84 Å². The summed E-state index contributed by atoms with van der Waals surface area (Å²) in [4.78, 5) is 1.20. The van der Waals surface area contributed by atoms with Gasteiger partial charge in [-0.15, -0.1) is 11.8 Å². The Morgan fingerprint density at radius 3 is 2.42 bits per heavy atom. The predicted molar refractivity (Wildman–Crippen MR) is 80.0 cm³/mol. The molecule has 0 amide bonds. The lowest BCUT2D eigenvalue weighted by Gasteiger charge is -2.14. The molecule has 2 aromatic carbocycles. The topological polar surface area (TPSA) is 29.5 Å². The van der Waals surface area contributed by atoms with Crippen molar-refractivity contribution >= 4 is 11.8 Å². The second-order valence-electron chi connectivity index (χ2n) is 4.24. The maximum atomic E-state index is 9.99. The number of ether oxygens (including phenoxy) is 1. The van der Waals surface area contributed by atoms with Gasteiger partial charge >= 0.3 is 0 Å². The third-order valence-electron chi connectivity index (χ3n) is 2.95. The Hall–Kier alpha value is -1.45. The fraction of sp³-hybridized carbons (Fsp3) is 0.250. The van der Waals surface area contributed by atoms with E-state index in [1.54, 1.807) is 11.8 Å². The summed E-state index contributed by atoms with van der Waals surface area (Å²) >= 11 is 1.70. The van der Waals surface area contributed by atoms with Crippen molar-refractivity contribution in [2.45, 2.75) is 24.3 Å². The van der Waals surface area contributed by atoms with Crippen molar-refractivity contribution in [3.8, 4) is 11.5 Å². The van der Waals surface area contributed by atoms with Crippen LogP contribution in [0.4, 0.5) is 0 Å². The van der Waals surface area contributed by atoms with Crippen LogP contribution < -0.4 is 4.74 Å². The van der Waals surface area contributed by atoms with Crippen LogP contribution >= 0.6 is 11.8 Å². The minimum Gasteiger partial charge on any atom is -0.457 e. The molecule has 0 bridgehead atoms. The lowest BCUT2D eigenvalue weighted by molar-refractivity contribution is 0.170. The van der Waals surface area contributed by atoms with Gasteiger partial charge in [-0.05, 0) is 43.0 Å². The molecular weight excluding hydrogens is 256 g/mol. The van der Waals surface area contributed by atoms with Gasteiger partial charge in [0.15, 0.2) is 0 Å². The number of hydrogen-bond donors (Lipinski definition) is 1. The Labute approximate surface area is 118 Å². The van der Waals surface area contributed by atoms with Crippen LogP contribution in [0.2, 0.25) is 0 Å². The van der Waals surface area contributed by atoms with Gasteiger partial charge in [-0.25, -0.2) is 0 Å². The molecule has 2 aromatic rings. The number of benzene rings is 2. The molecule has 0 aliphatic heterocycles. The van der Waals surface area contributed by atoms with Crippen LogP contribution in [-0.2, 0) is 0 Å². The monoisotopic (exact) mass is 274 g/mol. The summed E-state index contributed by atoms with van der Waals surface area (Å²) in [6, 6.07) is 15.6. The van der Waals surface area contributed by atoms with E-state index in [1.807, 2.05) is 61.7 Å². The van der Waals surface area contributed by atoms with Crippen molar-refractivity contribution in [3.63, 3.8) is 0 Å². The molecule has 3 heteroatoms. The van der Waals surface area contributed by atoms with E-state index in [1.165, 1.54) is 4.90 Å². The van der Waals surface area contributed by atoms with Crippen LogP contribution in [-0.4, -0.2) is 11.4 Å². The number of hydrogen-bond acceptors (Lipinski definition) is 3. The number of para-hydroxylation sites is 1. The first-order valence-corrected chi connectivity index (χ1v) is 7.56. The van der Waals surface area contributed by atoms with Gasteiger partial charge in [0, 0.05) is 10.5 Å². The SMILES string of the molecule is CC[C@H](O)c1ccccc1Oc1ccc(SC)cc1. The summed E-state index contributed by atoms with van der Waals surface area (Å²) < 4.78 is 5.86. The fourth-order valence-electron chi connectivity index (χ4n) is 1.84. The Kier molecular flexibility index (Phi) is 4.88. The zero-order valence-electron chi connectivity index (χ0n) is 11.2. The Morgan fingerprint density at radius 1 is 1.11 bits per heavy atom. The molecule has 1 atom stereocenters. The number of aliphatic hydroxyl groups excluding tert-OH is 1. The second-order valence-corrected chi connectivity index (χ2v) is 5.12. The van der Waals surface area contributed by atoms with Crippen LogP contribution in [0.1, 0.15) is 25.0 Å². The first-order valence-electron chi connectivity index (χ1n) is 6.33. The van der Waals surface area contributed by atoms with E-state index in [0.29, 0.717) is 12.2 Å². The highest BCUT2D eigenvalue weighted by molar-refractivity contribution is 7.98. The van der Waals surface area contributed by atoms with Crippen LogP contribution in [0.5, 0.6) is 11.5 Å². The minimum absolute atomic E-state index is 0.485. The van der Waals surface area contributed by atoms with Gasteiger partial charge in [-0.2, -0.15) is 0 Å². The lowest BCUT2D eigenvalue weighted by Crippen LogP contribution is -1.98. The van der Waals surface area contributed by atoms with Crippen LogP contribution in [0.25, 0.3) is 0 Å². The summed E-state index contributed by atoms with van der Waals surface area (Å²) in [7, 11) is 0. The Morgan fingerprint density at radius 2 is 1.79 bits per heavy atom. The highest BCUT2D eigenvalue weighted by atomic mass is 32.2. The van der Waals surface area contributed by atoms with Gasteiger partial charge in [0.05, 0.1) is 6.10 Å². The lowest BCUT2D eigenvalue weighted by atomic mass is 10.1. The third-order valence-corrected chi connectivity index (χ3v) is 3.70. The number of rotatable bonds is 5. The smallest absolute Gasteiger partial charge is 0.133 e. The molecule has 1 N–H and O–H groups in total. The molecule has 0 aliphatic rings. The Bertz CT molecular complexity index is 523. The van der Waals surface area contributed by atoms with Gasteiger partial charge in [-0.3, -0.25) is 0 Å². The molecule has 0 unspecified atom stereocenters. The van der Waals surface area contributed by atoms with E-state index in [9.17, 15) is 5.11 Å². The molecule has 0 heterocycles. The zero-order chi connectivity index (χ0) is 13.7. The zero-order valence-corrected chi connectivity index (χ0v) is 12.0. The van der Waals surface area contributed by atoms with Crippen molar-refractivity contribution in [2.75, 3.05) is 6.26 Å². The molecule has 100 valence electrons. The van der Waals surface area contributed by atoms with Gasteiger partial charge in [0.25, 0.3) is 0 Å². The van der Waals surface area contributed by atoms with Crippen molar-refractivity contribution in [1.29, 1.82) is 0 Å². The van der Waals surface area contributed by atoms with E-state index in [2.05, 4.69) is 0 Å². The quantitative estimate of drug-likeness (QED) is 0.805. The van der Waals surface area contributed by atoms with E-state index < -0.39 is 6.10 Å². The van der Waals surface area contributed by atoms with Crippen molar-refractivity contribution in [2.24, 2.45) is 0 Å². The van der Waals surface area contributed by atoms with Crippen LogP contribution in [0.15, 0.2) is 53.4 Å². The second kappa shape index (κ2) is 6.64. The molecule has 0 spiro atoms. The first-order chi connectivity index (χ1) is 9.24. The highest BCUT2D eigenvalue weighted by Gasteiger charge is 2.11. The summed E-state index contributed by atoms with van der Waals surface area (Å²) in [6.45, 7) is 1.95. The molecule has 0 fully saturated rings. The molecule has 0 saturated heterocycles. The standard InChI is InChI=1S/C16H18O2S/c1-3-15(17)14-6-4-5-7-16(14)18-12-8-10-13(19-2)11-9-12/h4-11,15,17H,3H2,1-2H3/t15-/m0/s1. The van der Waals surface area contributed by atoms with Crippen LogP contribution in [0, 0.1) is 0 Å². The average molecular weight is 274 g/mol. The minimum atomic E-state index is -0.485. The van der Waals surface area contributed by atoms with E-state index >= 15 is 0 Å². The first kappa shape index (κ1) is 14.0. The average Bonchev–Trinajstić information content (AvgIpc) is 2.48. The fourth-order valence-corrected chi connectivity index (χ4v) is 2.25. The van der Waals surface area contributed by atoms with E-state index in [4.69, 9.17) is 4.74 Å². The number of thioether (sulfide) groups is 1. The highest BCUT2D eigenvalue weighted by Crippen LogP contribution is 2.31. The van der Waals surface area contributed by atoms with E-state index in [-0.39, 0.29) is 0 Å². The van der Waals surface area contributed by atoms with E-state index in [0.717, 1.165) is 11.3 Å².